The van der Waals surface area contributed by atoms with E-state index in [0.29, 0.717) is 11.6 Å². The van der Waals surface area contributed by atoms with Gasteiger partial charge in [-0.1, -0.05) is 6.07 Å². The van der Waals surface area contributed by atoms with Gasteiger partial charge in [0.1, 0.15) is 0 Å². The summed E-state index contributed by atoms with van der Waals surface area (Å²) in [4.78, 5) is 16.4. The molecule has 4 nitrogen and oxygen atoms in total. The van der Waals surface area contributed by atoms with Crippen molar-refractivity contribution in [2.24, 2.45) is 0 Å². The lowest BCUT2D eigenvalue weighted by Crippen LogP contribution is -2.45. The van der Waals surface area contributed by atoms with Crippen LogP contribution >= 0.6 is 0 Å². The largest absolute Gasteiger partial charge is 0.465 e. The van der Waals surface area contributed by atoms with Gasteiger partial charge >= 0.3 is 5.97 Å². The monoisotopic (exact) mass is 276 g/mol. The van der Waals surface area contributed by atoms with E-state index in [2.05, 4.69) is 30.0 Å². The van der Waals surface area contributed by atoms with Crippen molar-refractivity contribution >= 4 is 11.7 Å². The van der Waals surface area contributed by atoms with Gasteiger partial charge in [0.05, 0.1) is 12.7 Å². The second-order valence-electron chi connectivity index (χ2n) is 5.70. The van der Waals surface area contributed by atoms with E-state index in [4.69, 9.17) is 4.74 Å². The van der Waals surface area contributed by atoms with Crippen LogP contribution in [0.3, 0.4) is 0 Å². The number of benzene rings is 1. The van der Waals surface area contributed by atoms with Gasteiger partial charge in [0, 0.05) is 24.8 Å². The SMILES string of the molecule is COC(=O)c1cc(N2CCCC(N(C)C)C2)ccc1C. The molecule has 1 heterocycles. The first kappa shape index (κ1) is 14.9. The standard InChI is InChI=1S/C16H24N2O2/c1-12-7-8-13(10-15(12)16(19)20-4)18-9-5-6-14(11-18)17(2)3/h7-8,10,14H,5-6,9,11H2,1-4H3. The summed E-state index contributed by atoms with van der Waals surface area (Å²) < 4.78 is 4.85. The van der Waals surface area contributed by atoms with Gasteiger partial charge in [-0.25, -0.2) is 4.79 Å². The summed E-state index contributed by atoms with van der Waals surface area (Å²) in [6, 6.07) is 6.63. The van der Waals surface area contributed by atoms with Gasteiger partial charge in [-0.3, -0.25) is 0 Å². The first-order valence-electron chi connectivity index (χ1n) is 7.13. The highest BCUT2D eigenvalue weighted by molar-refractivity contribution is 5.92. The van der Waals surface area contributed by atoms with Crippen molar-refractivity contribution < 1.29 is 9.53 Å². The van der Waals surface area contributed by atoms with E-state index in [0.717, 1.165) is 24.3 Å². The Morgan fingerprint density at radius 2 is 2.15 bits per heavy atom. The highest BCUT2D eigenvalue weighted by atomic mass is 16.5. The van der Waals surface area contributed by atoms with Gasteiger partial charge in [0.15, 0.2) is 0 Å². The third-order valence-electron chi connectivity index (χ3n) is 4.12. The molecule has 0 amide bonds. The van der Waals surface area contributed by atoms with E-state index in [-0.39, 0.29) is 5.97 Å². The Morgan fingerprint density at radius 3 is 2.80 bits per heavy atom. The van der Waals surface area contributed by atoms with Gasteiger partial charge in [0.2, 0.25) is 0 Å². The fourth-order valence-electron chi connectivity index (χ4n) is 2.75. The Bertz CT molecular complexity index is 485. The molecule has 1 aromatic rings. The van der Waals surface area contributed by atoms with Gasteiger partial charge in [-0.05, 0) is 51.6 Å². The molecule has 0 aliphatic carbocycles. The van der Waals surface area contributed by atoms with Crippen LogP contribution in [0.1, 0.15) is 28.8 Å². The lowest BCUT2D eigenvalue weighted by Gasteiger charge is -2.37. The van der Waals surface area contributed by atoms with Crippen LogP contribution in [0.5, 0.6) is 0 Å². The number of carbonyl (C=O) groups is 1. The van der Waals surface area contributed by atoms with Gasteiger partial charge in [-0.15, -0.1) is 0 Å². The predicted molar refractivity (Wildman–Crippen MR) is 81.4 cm³/mol. The number of likely N-dealkylation sites (N-methyl/N-ethyl adjacent to an activating group) is 1. The Morgan fingerprint density at radius 1 is 1.40 bits per heavy atom. The zero-order chi connectivity index (χ0) is 14.7. The van der Waals surface area contributed by atoms with Gasteiger partial charge < -0.3 is 14.5 Å². The zero-order valence-corrected chi connectivity index (χ0v) is 12.8. The number of rotatable bonds is 3. The molecule has 1 atom stereocenters. The van der Waals surface area contributed by atoms with Gasteiger partial charge in [0.25, 0.3) is 0 Å². The Labute approximate surface area is 121 Å². The molecular formula is C16H24N2O2. The molecule has 0 spiro atoms. The highest BCUT2D eigenvalue weighted by Crippen LogP contribution is 2.24. The number of anilines is 1. The van der Waals surface area contributed by atoms with E-state index >= 15 is 0 Å². The van der Waals surface area contributed by atoms with Gasteiger partial charge in [-0.2, -0.15) is 0 Å². The highest BCUT2D eigenvalue weighted by Gasteiger charge is 2.22. The first-order valence-corrected chi connectivity index (χ1v) is 7.13. The number of hydrogen-bond acceptors (Lipinski definition) is 4. The van der Waals surface area contributed by atoms with Crippen molar-refractivity contribution in [1.82, 2.24) is 4.90 Å². The fourth-order valence-corrected chi connectivity index (χ4v) is 2.75. The maximum absolute atomic E-state index is 11.8. The summed E-state index contributed by atoms with van der Waals surface area (Å²) in [6.45, 7) is 4.00. The molecule has 2 rings (SSSR count). The molecule has 0 aromatic heterocycles. The molecule has 1 aliphatic heterocycles. The van der Waals surface area contributed by atoms with E-state index in [1.807, 2.05) is 19.1 Å². The van der Waals surface area contributed by atoms with Crippen molar-refractivity contribution in [2.45, 2.75) is 25.8 Å². The summed E-state index contributed by atoms with van der Waals surface area (Å²) in [5, 5.41) is 0. The minimum atomic E-state index is -0.259. The molecule has 0 radical (unpaired) electrons. The second-order valence-corrected chi connectivity index (χ2v) is 5.70. The molecule has 1 saturated heterocycles. The third kappa shape index (κ3) is 3.12. The zero-order valence-electron chi connectivity index (χ0n) is 12.8. The smallest absolute Gasteiger partial charge is 0.338 e. The molecule has 4 heteroatoms. The quantitative estimate of drug-likeness (QED) is 0.793. The van der Waals surface area contributed by atoms with Crippen molar-refractivity contribution in [1.29, 1.82) is 0 Å². The van der Waals surface area contributed by atoms with Crippen molar-refractivity contribution in [3.8, 4) is 0 Å². The number of carbonyl (C=O) groups excluding carboxylic acids is 1. The maximum atomic E-state index is 11.8. The average Bonchev–Trinajstić information content (AvgIpc) is 2.47. The molecule has 0 saturated carbocycles. The van der Waals surface area contributed by atoms with Crippen LogP contribution in [-0.2, 0) is 4.74 Å². The molecule has 110 valence electrons. The lowest BCUT2D eigenvalue weighted by molar-refractivity contribution is 0.0600. The minimum absolute atomic E-state index is 0.259. The van der Waals surface area contributed by atoms with E-state index in [1.54, 1.807) is 0 Å². The topological polar surface area (TPSA) is 32.8 Å². The van der Waals surface area contributed by atoms with E-state index in [1.165, 1.54) is 20.0 Å². The summed E-state index contributed by atoms with van der Waals surface area (Å²) in [6.07, 6.45) is 2.42. The Kier molecular flexibility index (Phi) is 4.65. The average molecular weight is 276 g/mol. The number of esters is 1. The van der Waals surface area contributed by atoms with Crippen molar-refractivity contribution in [3.63, 3.8) is 0 Å². The molecular weight excluding hydrogens is 252 g/mol. The molecule has 0 N–H and O–H groups in total. The lowest BCUT2D eigenvalue weighted by atomic mass is 10.0. The molecule has 1 aromatic carbocycles. The number of methoxy groups -OCH3 is 1. The van der Waals surface area contributed by atoms with Crippen molar-refractivity contribution in [2.75, 3.05) is 39.2 Å². The number of nitrogens with zero attached hydrogens (tertiary/aromatic N) is 2. The minimum Gasteiger partial charge on any atom is -0.465 e. The summed E-state index contributed by atoms with van der Waals surface area (Å²) in [5.41, 5.74) is 2.74. The molecule has 1 aliphatic rings. The predicted octanol–water partition coefficient (Wildman–Crippen LogP) is 2.31. The molecule has 1 unspecified atom stereocenters. The van der Waals surface area contributed by atoms with E-state index < -0.39 is 0 Å². The second kappa shape index (κ2) is 6.27. The Hall–Kier alpha value is -1.55. The van der Waals surface area contributed by atoms with Crippen LogP contribution in [0.25, 0.3) is 0 Å². The third-order valence-corrected chi connectivity index (χ3v) is 4.12. The molecule has 20 heavy (non-hydrogen) atoms. The number of hydrogen-bond donors (Lipinski definition) is 0. The van der Waals surface area contributed by atoms with Crippen LogP contribution in [0.2, 0.25) is 0 Å². The van der Waals surface area contributed by atoms with Crippen LogP contribution < -0.4 is 4.90 Å². The summed E-state index contributed by atoms with van der Waals surface area (Å²) in [7, 11) is 5.68. The number of ether oxygens (including phenoxy) is 1. The van der Waals surface area contributed by atoms with Crippen LogP contribution in [0.4, 0.5) is 5.69 Å². The maximum Gasteiger partial charge on any atom is 0.338 e. The molecule has 0 bridgehead atoms. The van der Waals surface area contributed by atoms with Crippen molar-refractivity contribution in [3.05, 3.63) is 29.3 Å². The molecule has 1 fully saturated rings. The normalized spacial score (nSPS) is 19.2. The summed E-state index contributed by atoms with van der Waals surface area (Å²) in [5.74, 6) is -0.259. The number of aryl methyl sites for hydroxylation is 1. The Balaban J connectivity index is 2.22. The van der Waals surface area contributed by atoms with E-state index in [9.17, 15) is 4.79 Å². The summed E-state index contributed by atoms with van der Waals surface area (Å²) >= 11 is 0. The number of piperidine rings is 1. The van der Waals surface area contributed by atoms with Crippen LogP contribution in [-0.4, -0.2) is 51.2 Å². The first-order chi connectivity index (χ1) is 9.52. The van der Waals surface area contributed by atoms with Crippen LogP contribution in [0.15, 0.2) is 18.2 Å². The fraction of sp³-hybridized carbons (Fsp3) is 0.562. The van der Waals surface area contributed by atoms with Crippen LogP contribution in [0, 0.1) is 6.92 Å².